The highest BCUT2D eigenvalue weighted by molar-refractivity contribution is 5.46. The molecule has 0 saturated heterocycles. The van der Waals surface area contributed by atoms with Crippen molar-refractivity contribution in [2.75, 3.05) is 0 Å². The Hall–Kier alpha value is -2.00. The third kappa shape index (κ3) is 4.93. The van der Waals surface area contributed by atoms with Gasteiger partial charge in [0.15, 0.2) is 0 Å². The first-order valence-electron chi connectivity index (χ1n) is 14.7. The monoisotopic (exact) mass is 482 g/mol. The summed E-state index contributed by atoms with van der Waals surface area (Å²) in [4.78, 5) is 0. The van der Waals surface area contributed by atoms with Gasteiger partial charge in [0.2, 0.25) is 0 Å². The van der Waals surface area contributed by atoms with Crippen LogP contribution in [-0.2, 0) is 0 Å². The fourth-order valence-electron chi connectivity index (χ4n) is 8.15. The number of hydrogen-bond donors (Lipinski definition) is 0. The van der Waals surface area contributed by atoms with Gasteiger partial charge in [-0.15, -0.1) is 6.58 Å². The van der Waals surface area contributed by atoms with E-state index in [-0.39, 0.29) is 0 Å². The SMILES string of the molecule is C=C(C)CCC(=C)C(C)C1=C2C(C)C(C)C3=C(C(C)C)C(C)CCC3C2CCC1C1=C=C=C(C)C=C1. The molecule has 1 fully saturated rings. The summed E-state index contributed by atoms with van der Waals surface area (Å²) < 4.78 is 0. The fraction of sp³-hybridized carbons (Fsp3) is 0.611. The Morgan fingerprint density at radius 1 is 0.861 bits per heavy atom. The van der Waals surface area contributed by atoms with Crippen LogP contribution in [-0.4, -0.2) is 0 Å². The highest BCUT2D eigenvalue weighted by atomic mass is 14.5. The molecular weight excluding hydrogens is 432 g/mol. The zero-order valence-corrected chi connectivity index (χ0v) is 24.4. The van der Waals surface area contributed by atoms with E-state index >= 15 is 0 Å². The van der Waals surface area contributed by atoms with Gasteiger partial charge in [-0.2, -0.15) is 0 Å². The molecule has 0 heterocycles. The van der Waals surface area contributed by atoms with E-state index in [1.165, 1.54) is 48.0 Å². The summed E-state index contributed by atoms with van der Waals surface area (Å²) in [6, 6.07) is 0. The van der Waals surface area contributed by atoms with E-state index in [4.69, 9.17) is 0 Å². The van der Waals surface area contributed by atoms with E-state index in [0.717, 1.165) is 24.7 Å². The lowest BCUT2D eigenvalue weighted by Crippen LogP contribution is -2.42. The molecule has 0 aliphatic heterocycles. The van der Waals surface area contributed by atoms with Crippen molar-refractivity contribution in [1.29, 1.82) is 0 Å². The lowest BCUT2D eigenvalue weighted by molar-refractivity contribution is 0.201. The van der Waals surface area contributed by atoms with Gasteiger partial charge in [-0.05, 0) is 112 Å². The second-order valence-corrected chi connectivity index (χ2v) is 12.9. The molecule has 4 rings (SSSR count). The van der Waals surface area contributed by atoms with Crippen LogP contribution < -0.4 is 0 Å². The lowest BCUT2D eigenvalue weighted by Gasteiger charge is -2.53. The van der Waals surface area contributed by atoms with Crippen molar-refractivity contribution in [1.82, 2.24) is 0 Å². The maximum atomic E-state index is 4.65. The second-order valence-electron chi connectivity index (χ2n) is 12.9. The smallest absolute Gasteiger partial charge is 0.0137 e. The van der Waals surface area contributed by atoms with Gasteiger partial charge in [-0.25, -0.2) is 0 Å². The topological polar surface area (TPSA) is 0 Å². The van der Waals surface area contributed by atoms with Crippen LogP contribution in [0.25, 0.3) is 0 Å². The van der Waals surface area contributed by atoms with Crippen LogP contribution in [0.15, 0.2) is 81.4 Å². The van der Waals surface area contributed by atoms with Crippen molar-refractivity contribution in [3.8, 4) is 0 Å². The first-order valence-corrected chi connectivity index (χ1v) is 14.7. The highest BCUT2D eigenvalue weighted by Crippen LogP contribution is 2.59. The molecule has 0 N–H and O–H groups in total. The molecule has 0 heteroatoms. The molecule has 194 valence electrons. The molecule has 0 amide bonds. The van der Waals surface area contributed by atoms with Gasteiger partial charge in [-0.3, -0.25) is 0 Å². The van der Waals surface area contributed by atoms with Crippen LogP contribution in [0.1, 0.15) is 93.9 Å². The third-order valence-corrected chi connectivity index (χ3v) is 10.1. The normalized spacial score (nSPS) is 32.7. The first kappa shape index (κ1) is 27.0. The molecule has 0 aromatic heterocycles. The maximum Gasteiger partial charge on any atom is 0.0137 e. The molecule has 0 aromatic rings. The average molecular weight is 483 g/mol. The lowest BCUT2D eigenvalue weighted by atomic mass is 9.52. The van der Waals surface area contributed by atoms with Crippen molar-refractivity contribution in [2.45, 2.75) is 93.9 Å². The molecule has 0 aromatic carbocycles. The zero-order chi connectivity index (χ0) is 26.3. The fourth-order valence-corrected chi connectivity index (χ4v) is 8.15. The largest absolute Gasteiger partial charge is 0.100 e. The minimum absolute atomic E-state index is 0.397. The van der Waals surface area contributed by atoms with E-state index in [9.17, 15) is 0 Å². The van der Waals surface area contributed by atoms with Crippen molar-refractivity contribution < 1.29 is 0 Å². The van der Waals surface area contributed by atoms with Gasteiger partial charge in [-0.1, -0.05) is 93.0 Å². The highest BCUT2D eigenvalue weighted by Gasteiger charge is 2.48. The first-order chi connectivity index (χ1) is 17.0. The van der Waals surface area contributed by atoms with Crippen LogP contribution in [0.5, 0.6) is 0 Å². The van der Waals surface area contributed by atoms with E-state index in [1.54, 1.807) is 16.7 Å². The standard InChI is InChI=1S/C36H50/c1-21(2)11-14-24(6)26(8)34-30(29-16-12-23(5)13-17-29)19-20-32-31-18-15-25(7)33(22(3)4)35(31)27(9)28(10)36(32)34/h12,16,22,25-28,30-32H,1,6,11,14-15,18-20H2,2-5,7-10H3. The molecule has 7 unspecified atom stereocenters. The molecule has 0 bridgehead atoms. The van der Waals surface area contributed by atoms with Crippen molar-refractivity contribution in [3.63, 3.8) is 0 Å². The Morgan fingerprint density at radius 2 is 1.47 bits per heavy atom. The Bertz CT molecular complexity index is 1110. The van der Waals surface area contributed by atoms with Gasteiger partial charge >= 0.3 is 0 Å². The van der Waals surface area contributed by atoms with Crippen LogP contribution in [0.3, 0.4) is 0 Å². The predicted octanol–water partition coefficient (Wildman–Crippen LogP) is 10.3. The summed E-state index contributed by atoms with van der Waals surface area (Å²) in [5.74, 6) is 4.89. The average Bonchev–Trinajstić information content (AvgIpc) is 2.84. The van der Waals surface area contributed by atoms with Crippen molar-refractivity contribution in [2.24, 2.45) is 47.3 Å². The molecule has 4 aliphatic carbocycles. The van der Waals surface area contributed by atoms with E-state index in [1.807, 2.05) is 5.57 Å². The number of rotatable bonds is 7. The number of fused-ring (bicyclic) bond motifs is 3. The number of allylic oxidation sites excluding steroid dienone is 10. The molecule has 0 radical (unpaired) electrons. The molecular formula is C36H50. The zero-order valence-electron chi connectivity index (χ0n) is 24.4. The van der Waals surface area contributed by atoms with Crippen LogP contribution in [0.2, 0.25) is 0 Å². The van der Waals surface area contributed by atoms with E-state index < -0.39 is 0 Å². The van der Waals surface area contributed by atoms with Crippen LogP contribution in [0, 0.1) is 47.3 Å². The van der Waals surface area contributed by atoms with Gasteiger partial charge in [0, 0.05) is 11.5 Å². The Kier molecular flexibility index (Phi) is 8.10. The molecule has 1 saturated carbocycles. The van der Waals surface area contributed by atoms with Crippen molar-refractivity contribution in [3.05, 3.63) is 81.4 Å². The summed E-state index contributed by atoms with van der Waals surface area (Å²) in [6.45, 7) is 28.0. The molecule has 0 nitrogen and oxygen atoms in total. The molecule has 36 heavy (non-hydrogen) atoms. The summed E-state index contributed by atoms with van der Waals surface area (Å²) in [6.07, 6.45) is 11.9. The second kappa shape index (κ2) is 10.8. The summed E-state index contributed by atoms with van der Waals surface area (Å²) in [5, 5.41) is 0. The quantitative estimate of drug-likeness (QED) is 0.250. The predicted molar refractivity (Wildman–Crippen MR) is 157 cm³/mol. The van der Waals surface area contributed by atoms with Gasteiger partial charge in [0.05, 0.1) is 0 Å². The molecule has 7 atom stereocenters. The minimum atomic E-state index is 0.397. The molecule has 4 aliphatic rings. The third-order valence-electron chi connectivity index (χ3n) is 10.1. The van der Waals surface area contributed by atoms with Crippen molar-refractivity contribution >= 4 is 0 Å². The van der Waals surface area contributed by atoms with E-state index in [2.05, 4.69) is 92.2 Å². The van der Waals surface area contributed by atoms with Gasteiger partial charge in [0.25, 0.3) is 0 Å². The Morgan fingerprint density at radius 3 is 2.03 bits per heavy atom. The van der Waals surface area contributed by atoms with Gasteiger partial charge < -0.3 is 0 Å². The van der Waals surface area contributed by atoms with Crippen LogP contribution in [0.4, 0.5) is 0 Å². The summed E-state index contributed by atoms with van der Waals surface area (Å²) in [5.41, 5.74) is 19.3. The number of hydrogen-bond acceptors (Lipinski definition) is 0. The maximum absolute atomic E-state index is 4.65. The molecule has 0 spiro atoms. The Balaban J connectivity index is 1.87. The van der Waals surface area contributed by atoms with E-state index in [0.29, 0.717) is 35.5 Å². The summed E-state index contributed by atoms with van der Waals surface area (Å²) >= 11 is 0. The Labute approximate surface area is 222 Å². The van der Waals surface area contributed by atoms with Crippen LogP contribution >= 0.6 is 0 Å². The van der Waals surface area contributed by atoms with Gasteiger partial charge in [0.1, 0.15) is 0 Å². The minimum Gasteiger partial charge on any atom is -0.100 e. The summed E-state index contributed by atoms with van der Waals surface area (Å²) in [7, 11) is 0.